The standard InChI is InChI=1S/C7H10O3Si/c1-5-7(8)9-10-11(3,4)6-2/h1,6H,2H2,3-4H3. The minimum absolute atomic E-state index is 0.813. The van der Waals surface area contributed by atoms with E-state index in [0.29, 0.717) is 0 Å². The number of hydrogen-bond donors (Lipinski definition) is 0. The van der Waals surface area contributed by atoms with Crippen molar-refractivity contribution in [1.82, 2.24) is 0 Å². The Balaban J connectivity index is 3.81. The van der Waals surface area contributed by atoms with Crippen molar-refractivity contribution in [3.8, 4) is 12.3 Å². The molecule has 0 aromatic rings. The minimum atomic E-state index is -2.03. The molecule has 0 radical (unpaired) electrons. The van der Waals surface area contributed by atoms with E-state index >= 15 is 0 Å². The summed E-state index contributed by atoms with van der Waals surface area (Å²) >= 11 is 0. The molecule has 0 fully saturated rings. The summed E-state index contributed by atoms with van der Waals surface area (Å²) in [6.45, 7) is 7.18. The number of carbonyl (C=O) groups is 1. The highest BCUT2D eigenvalue weighted by molar-refractivity contribution is 6.75. The lowest BCUT2D eigenvalue weighted by Gasteiger charge is -2.13. The molecule has 4 heteroatoms. The number of hydrogen-bond acceptors (Lipinski definition) is 3. The van der Waals surface area contributed by atoms with Crippen molar-refractivity contribution in [1.29, 1.82) is 0 Å². The molecule has 0 aliphatic carbocycles. The van der Waals surface area contributed by atoms with Crippen LogP contribution in [0.2, 0.25) is 13.1 Å². The molecular formula is C7H10O3Si. The predicted octanol–water partition coefficient (Wildman–Crippen LogP) is 1.02. The van der Waals surface area contributed by atoms with Gasteiger partial charge in [-0.25, -0.2) is 9.37 Å². The molecule has 0 bridgehead atoms. The van der Waals surface area contributed by atoms with E-state index in [9.17, 15) is 4.79 Å². The molecule has 11 heavy (non-hydrogen) atoms. The SMILES string of the molecule is C#CC(=O)OO[Si](C)(C)C=C. The van der Waals surface area contributed by atoms with Crippen molar-refractivity contribution in [3.63, 3.8) is 0 Å². The van der Waals surface area contributed by atoms with Gasteiger partial charge in [-0.3, -0.25) is 4.89 Å². The van der Waals surface area contributed by atoms with Gasteiger partial charge >= 0.3 is 5.97 Å². The maximum absolute atomic E-state index is 10.4. The Hall–Kier alpha value is -1.05. The van der Waals surface area contributed by atoms with Crippen LogP contribution in [0.4, 0.5) is 0 Å². The first-order valence-corrected chi connectivity index (χ1v) is 6.00. The molecular weight excluding hydrogens is 160 g/mol. The summed E-state index contributed by atoms with van der Waals surface area (Å²) in [7, 11) is -2.03. The number of carbonyl (C=O) groups excluding carboxylic acids is 1. The minimum Gasteiger partial charge on any atom is -0.295 e. The largest absolute Gasteiger partial charge is 0.414 e. The van der Waals surface area contributed by atoms with Crippen LogP contribution < -0.4 is 0 Å². The van der Waals surface area contributed by atoms with Gasteiger partial charge in [0.15, 0.2) is 0 Å². The molecule has 3 nitrogen and oxygen atoms in total. The van der Waals surface area contributed by atoms with Crippen molar-refractivity contribution in [2.75, 3.05) is 0 Å². The van der Waals surface area contributed by atoms with Gasteiger partial charge < -0.3 is 0 Å². The van der Waals surface area contributed by atoms with Gasteiger partial charge in [-0.15, -0.1) is 13.0 Å². The zero-order chi connectivity index (χ0) is 8.91. The summed E-state index contributed by atoms with van der Waals surface area (Å²) in [4.78, 5) is 14.6. The van der Waals surface area contributed by atoms with E-state index in [1.54, 1.807) is 11.6 Å². The lowest BCUT2D eigenvalue weighted by atomic mass is 10.7. The topological polar surface area (TPSA) is 35.5 Å². The van der Waals surface area contributed by atoms with Crippen molar-refractivity contribution in [3.05, 3.63) is 12.3 Å². The Labute approximate surface area is 67.1 Å². The molecule has 0 heterocycles. The Kier molecular flexibility index (Phi) is 3.58. The molecule has 0 saturated carbocycles. The zero-order valence-corrected chi connectivity index (χ0v) is 7.59. The van der Waals surface area contributed by atoms with Crippen molar-refractivity contribution >= 4 is 14.3 Å². The summed E-state index contributed by atoms with van der Waals surface area (Å²) in [6.07, 6.45) is 4.73. The summed E-state index contributed by atoms with van der Waals surface area (Å²) in [5, 5.41) is 0. The highest BCUT2D eigenvalue weighted by Crippen LogP contribution is 2.04. The molecule has 0 amide bonds. The van der Waals surface area contributed by atoms with Crippen LogP contribution >= 0.6 is 0 Å². The van der Waals surface area contributed by atoms with Crippen molar-refractivity contribution < 1.29 is 14.3 Å². The quantitative estimate of drug-likeness (QED) is 0.274. The monoisotopic (exact) mass is 170 g/mol. The van der Waals surface area contributed by atoms with Crippen molar-refractivity contribution in [2.45, 2.75) is 13.1 Å². The highest BCUT2D eigenvalue weighted by atomic mass is 28.4. The van der Waals surface area contributed by atoms with Crippen LogP contribution in [-0.4, -0.2) is 14.3 Å². The lowest BCUT2D eigenvalue weighted by Crippen LogP contribution is -2.28. The Morgan fingerprint density at radius 3 is 2.64 bits per heavy atom. The van der Waals surface area contributed by atoms with Gasteiger partial charge in [0.25, 0.3) is 8.32 Å². The van der Waals surface area contributed by atoms with Gasteiger partial charge in [0.2, 0.25) is 0 Å². The molecule has 0 aromatic carbocycles. The maximum Gasteiger partial charge on any atom is 0.414 e. The van der Waals surface area contributed by atoms with Crippen LogP contribution in [0, 0.1) is 12.3 Å². The van der Waals surface area contributed by atoms with Crippen LogP contribution in [-0.2, 0) is 14.3 Å². The Bertz CT molecular complexity index is 202. The molecule has 0 atom stereocenters. The fourth-order valence-corrected chi connectivity index (χ4v) is 0.562. The second-order valence-electron chi connectivity index (χ2n) is 2.41. The summed E-state index contributed by atoms with van der Waals surface area (Å²) < 4.78 is 4.76. The summed E-state index contributed by atoms with van der Waals surface area (Å²) in [6, 6.07) is 0. The van der Waals surface area contributed by atoms with E-state index < -0.39 is 14.3 Å². The molecule has 0 spiro atoms. The molecule has 0 saturated heterocycles. The van der Waals surface area contributed by atoms with E-state index in [1.807, 2.05) is 13.1 Å². The van der Waals surface area contributed by atoms with E-state index in [4.69, 9.17) is 11.0 Å². The average Bonchev–Trinajstić information content (AvgIpc) is 2.00. The smallest absolute Gasteiger partial charge is 0.295 e. The third kappa shape index (κ3) is 4.36. The second kappa shape index (κ2) is 3.96. The number of terminal acetylenes is 1. The molecule has 0 N–H and O–H groups in total. The van der Waals surface area contributed by atoms with Crippen LogP contribution in [0.25, 0.3) is 0 Å². The first-order valence-electron chi connectivity index (χ1n) is 3.01. The molecule has 0 aliphatic heterocycles. The van der Waals surface area contributed by atoms with Gasteiger partial charge in [-0.1, -0.05) is 5.70 Å². The summed E-state index contributed by atoms with van der Waals surface area (Å²) in [5.41, 5.74) is 1.64. The number of rotatable bonds is 3. The van der Waals surface area contributed by atoms with E-state index in [0.717, 1.165) is 0 Å². The van der Waals surface area contributed by atoms with Crippen LogP contribution in [0.5, 0.6) is 0 Å². The van der Waals surface area contributed by atoms with Gasteiger partial charge in [-0.2, -0.15) is 0 Å². The third-order valence-electron chi connectivity index (χ3n) is 0.942. The van der Waals surface area contributed by atoms with E-state index in [1.165, 1.54) is 0 Å². The first-order chi connectivity index (χ1) is 5.02. The average molecular weight is 170 g/mol. The molecule has 0 aromatic heterocycles. The Morgan fingerprint density at radius 1 is 1.73 bits per heavy atom. The van der Waals surface area contributed by atoms with E-state index in [-0.39, 0.29) is 0 Å². The summed E-state index contributed by atoms with van der Waals surface area (Å²) in [5.74, 6) is 0.951. The molecule has 0 aliphatic rings. The van der Waals surface area contributed by atoms with Gasteiger partial charge in [-0.05, 0) is 13.1 Å². The van der Waals surface area contributed by atoms with Gasteiger partial charge in [0.05, 0.1) is 0 Å². The second-order valence-corrected chi connectivity index (χ2v) is 6.19. The van der Waals surface area contributed by atoms with Gasteiger partial charge in [0, 0.05) is 5.92 Å². The Morgan fingerprint density at radius 2 is 2.27 bits per heavy atom. The van der Waals surface area contributed by atoms with Gasteiger partial charge in [0.1, 0.15) is 0 Å². The fourth-order valence-electron chi connectivity index (χ4n) is 0.203. The highest BCUT2D eigenvalue weighted by Gasteiger charge is 2.21. The third-order valence-corrected chi connectivity index (χ3v) is 2.44. The predicted molar refractivity (Wildman–Crippen MR) is 43.7 cm³/mol. The maximum atomic E-state index is 10.4. The van der Waals surface area contributed by atoms with Crippen molar-refractivity contribution in [2.24, 2.45) is 0 Å². The molecule has 0 unspecified atom stereocenters. The first kappa shape index (κ1) is 9.95. The molecule has 60 valence electrons. The zero-order valence-electron chi connectivity index (χ0n) is 6.59. The fraction of sp³-hybridized carbons (Fsp3) is 0.286. The van der Waals surface area contributed by atoms with Crippen LogP contribution in [0.15, 0.2) is 12.3 Å². The lowest BCUT2D eigenvalue weighted by molar-refractivity contribution is -0.211. The molecule has 0 rings (SSSR count). The van der Waals surface area contributed by atoms with Crippen LogP contribution in [0.1, 0.15) is 0 Å². The van der Waals surface area contributed by atoms with E-state index in [2.05, 4.69) is 11.5 Å². The van der Waals surface area contributed by atoms with Crippen LogP contribution in [0.3, 0.4) is 0 Å². The normalized spacial score (nSPS) is 9.91.